The Morgan fingerprint density at radius 2 is 1.72 bits per heavy atom. The van der Waals surface area contributed by atoms with Crippen LogP contribution < -0.4 is 19.1 Å². The second kappa shape index (κ2) is 16.1. The highest BCUT2D eigenvalue weighted by Gasteiger charge is 2.30. The standard InChI is InChI=1S/C22H28N2O3S.C15H15NOS/c1-22(2,21(25)23-28-20-12-8-10-18(16-20)26-3)27-19-11-7-9-17(15-19)24-13-5-4-6-14-24;17-11-16(14-7-8-14)10-12-3-5-13(6-4-12)15-2-1-9-18-15/h7-12,15-16H,4-6,13-14H2,1-3H3,(H,23,25);1-6,9,11,14H,7-8,10H2. The number of methoxy groups -OCH3 is 1. The van der Waals surface area contributed by atoms with E-state index in [0.717, 1.165) is 55.2 Å². The Bertz CT molecular complexity index is 1550. The molecule has 2 heterocycles. The Morgan fingerprint density at radius 1 is 0.978 bits per heavy atom. The topological polar surface area (TPSA) is 71.1 Å². The molecule has 6 rings (SSSR count). The van der Waals surface area contributed by atoms with E-state index in [1.54, 1.807) is 32.3 Å². The van der Waals surface area contributed by atoms with Crippen LogP contribution in [0.1, 0.15) is 51.5 Å². The molecular weight excluding hydrogens is 615 g/mol. The lowest BCUT2D eigenvalue weighted by molar-refractivity contribution is -0.132. The Morgan fingerprint density at radius 3 is 2.39 bits per heavy atom. The third-order valence-corrected chi connectivity index (χ3v) is 9.73. The van der Waals surface area contributed by atoms with E-state index in [-0.39, 0.29) is 5.91 Å². The van der Waals surface area contributed by atoms with Gasteiger partial charge in [0.25, 0.3) is 5.91 Å². The van der Waals surface area contributed by atoms with Crippen molar-refractivity contribution >= 4 is 41.3 Å². The van der Waals surface area contributed by atoms with Crippen LogP contribution in [0.2, 0.25) is 0 Å². The smallest absolute Gasteiger partial charge is 0.273 e. The van der Waals surface area contributed by atoms with Crippen molar-refractivity contribution in [3.63, 3.8) is 0 Å². The van der Waals surface area contributed by atoms with Crippen LogP contribution in [0.4, 0.5) is 5.69 Å². The maximum atomic E-state index is 12.7. The lowest BCUT2D eigenvalue weighted by Gasteiger charge is -2.30. The maximum Gasteiger partial charge on any atom is 0.273 e. The first-order chi connectivity index (χ1) is 22.3. The number of nitrogens with one attached hydrogen (secondary N) is 1. The second-order valence-electron chi connectivity index (χ2n) is 12.1. The van der Waals surface area contributed by atoms with Gasteiger partial charge in [-0.3, -0.25) is 14.3 Å². The Kier molecular flexibility index (Phi) is 11.7. The van der Waals surface area contributed by atoms with Crippen LogP contribution in [0, 0.1) is 0 Å². The monoisotopic (exact) mass is 657 g/mol. The minimum Gasteiger partial charge on any atom is -0.497 e. The fraction of sp³-hybridized carbons (Fsp3) is 0.351. The number of hydrogen-bond donors (Lipinski definition) is 1. The van der Waals surface area contributed by atoms with E-state index in [1.807, 2.05) is 47.4 Å². The van der Waals surface area contributed by atoms with Gasteiger partial charge in [0.1, 0.15) is 11.5 Å². The fourth-order valence-electron chi connectivity index (χ4n) is 5.22. The van der Waals surface area contributed by atoms with E-state index in [4.69, 9.17) is 9.47 Å². The van der Waals surface area contributed by atoms with Gasteiger partial charge in [-0.1, -0.05) is 42.5 Å². The SMILES string of the molecule is COc1cccc(SNC(=O)C(C)(C)Oc2cccc(N3CCCCC3)c2)c1.O=CN(Cc1ccc(-c2cccs2)cc1)C1CC1. The molecule has 46 heavy (non-hydrogen) atoms. The molecule has 2 aliphatic rings. The van der Waals surface area contributed by atoms with Crippen molar-refractivity contribution in [3.8, 4) is 21.9 Å². The predicted octanol–water partition coefficient (Wildman–Crippen LogP) is 8.20. The summed E-state index contributed by atoms with van der Waals surface area (Å²) in [6.45, 7) is 6.44. The van der Waals surface area contributed by atoms with Crippen LogP contribution in [0.5, 0.6) is 11.5 Å². The van der Waals surface area contributed by atoms with Crippen LogP contribution >= 0.6 is 23.3 Å². The third-order valence-electron chi connectivity index (χ3n) is 8.04. The molecule has 0 spiro atoms. The molecule has 1 N–H and O–H groups in total. The van der Waals surface area contributed by atoms with Crippen molar-refractivity contribution in [2.24, 2.45) is 0 Å². The van der Waals surface area contributed by atoms with Crippen molar-refractivity contribution in [2.75, 3.05) is 25.1 Å². The number of hydrogen-bond acceptors (Lipinski definition) is 7. The van der Waals surface area contributed by atoms with Gasteiger partial charge < -0.3 is 19.3 Å². The highest BCUT2D eigenvalue weighted by Crippen LogP contribution is 2.30. The van der Waals surface area contributed by atoms with Gasteiger partial charge in [0.2, 0.25) is 6.41 Å². The largest absolute Gasteiger partial charge is 0.497 e. The number of piperidine rings is 1. The van der Waals surface area contributed by atoms with Crippen molar-refractivity contribution in [1.29, 1.82) is 0 Å². The molecule has 1 aliphatic heterocycles. The first-order valence-electron chi connectivity index (χ1n) is 15.8. The number of rotatable bonds is 12. The molecule has 1 aliphatic carbocycles. The van der Waals surface area contributed by atoms with Gasteiger partial charge in [-0.15, -0.1) is 11.3 Å². The quantitative estimate of drug-likeness (QED) is 0.122. The zero-order valence-corrected chi connectivity index (χ0v) is 28.4. The number of thiophene rings is 1. The molecule has 0 unspecified atom stereocenters. The van der Waals surface area contributed by atoms with Gasteiger partial charge in [-0.2, -0.15) is 0 Å². The van der Waals surface area contributed by atoms with Crippen LogP contribution in [0.25, 0.3) is 10.4 Å². The van der Waals surface area contributed by atoms with E-state index in [0.29, 0.717) is 11.8 Å². The number of nitrogens with zero attached hydrogens (tertiary/aromatic N) is 2. The van der Waals surface area contributed by atoms with Crippen molar-refractivity contribution in [2.45, 2.75) is 69.0 Å². The highest BCUT2D eigenvalue weighted by atomic mass is 32.2. The van der Waals surface area contributed by atoms with Gasteiger partial charge in [-0.25, -0.2) is 0 Å². The number of ether oxygens (including phenoxy) is 2. The molecule has 1 saturated heterocycles. The molecule has 2 fully saturated rings. The Hall–Kier alpha value is -3.95. The van der Waals surface area contributed by atoms with E-state index < -0.39 is 5.60 Å². The summed E-state index contributed by atoms with van der Waals surface area (Å²) in [4.78, 5) is 30.1. The van der Waals surface area contributed by atoms with E-state index in [1.165, 1.54) is 47.2 Å². The van der Waals surface area contributed by atoms with Crippen molar-refractivity contribution < 1.29 is 19.1 Å². The normalized spacial score (nSPS) is 14.5. The van der Waals surface area contributed by atoms with Crippen LogP contribution in [0.15, 0.2) is 95.2 Å². The molecule has 4 aromatic rings. The first-order valence-corrected chi connectivity index (χ1v) is 17.5. The Labute approximate surface area is 281 Å². The molecule has 0 radical (unpaired) electrons. The Balaban J connectivity index is 0.000000198. The zero-order valence-electron chi connectivity index (χ0n) is 26.8. The molecule has 2 amide bonds. The van der Waals surface area contributed by atoms with Gasteiger partial charge >= 0.3 is 0 Å². The molecule has 7 nitrogen and oxygen atoms in total. The number of carbonyl (C=O) groups excluding carboxylic acids is 2. The molecular formula is C37H43N3O4S2. The van der Waals surface area contributed by atoms with Gasteiger partial charge in [0, 0.05) is 47.2 Å². The maximum absolute atomic E-state index is 12.7. The summed E-state index contributed by atoms with van der Waals surface area (Å²) in [5, 5.41) is 2.09. The van der Waals surface area contributed by atoms with Crippen molar-refractivity contribution in [3.05, 3.63) is 95.9 Å². The summed E-state index contributed by atoms with van der Waals surface area (Å²) in [6.07, 6.45) is 7.04. The number of amides is 2. The number of anilines is 1. The zero-order chi connectivity index (χ0) is 32.4. The fourth-order valence-corrected chi connectivity index (χ4v) is 6.73. The van der Waals surface area contributed by atoms with E-state index >= 15 is 0 Å². The molecule has 1 aromatic heterocycles. The minimum atomic E-state index is -0.994. The first kappa shape index (κ1) is 33.4. The van der Waals surface area contributed by atoms with Crippen LogP contribution in [-0.4, -0.2) is 49.1 Å². The van der Waals surface area contributed by atoms with Crippen LogP contribution in [0.3, 0.4) is 0 Å². The second-order valence-corrected chi connectivity index (χ2v) is 13.9. The van der Waals surface area contributed by atoms with Gasteiger partial charge in [-0.05, 0) is 111 Å². The lowest BCUT2D eigenvalue weighted by atomic mass is 10.1. The van der Waals surface area contributed by atoms with E-state index in [2.05, 4.69) is 57.5 Å². The summed E-state index contributed by atoms with van der Waals surface area (Å²) in [7, 11) is 1.62. The highest BCUT2D eigenvalue weighted by molar-refractivity contribution is 7.98. The number of benzene rings is 3. The molecule has 242 valence electrons. The molecule has 0 bridgehead atoms. The summed E-state index contributed by atoms with van der Waals surface area (Å²) in [5.41, 5.74) is 2.61. The summed E-state index contributed by atoms with van der Waals surface area (Å²) in [6, 6.07) is 28.8. The average Bonchev–Trinajstić information content (AvgIpc) is 3.79. The molecule has 9 heteroatoms. The van der Waals surface area contributed by atoms with Crippen LogP contribution in [-0.2, 0) is 16.1 Å². The predicted molar refractivity (Wildman–Crippen MR) is 189 cm³/mol. The van der Waals surface area contributed by atoms with Crippen molar-refractivity contribution in [1.82, 2.24) is 9.62 Å². The summed E-state index contributed by atoms with van der Waals surface area (Å²) in [5.74, 6) is 1.27. The average molecular weight is 658 g/mol. The van der Waals surface area contributed by atoms with Gasteiger partial charge in [0.15, 0.2) is 5.60 Å². The molecule has 0 atom stereocenters. The third kappa shape index (κ3) is 9.53. The van der Waals surface area contributed by atoms with E-state index in [9.17, 15) is 9.59 Å². The van der Waals surface area contributed by atoms with Gasteiger partial charge in [0.05, 0.1) is 7.11 Å². The molecule has 3 aromatic carbocycles. The number of carbonyl (C=O) groups is 2. The summed E-state index contributed by atoms with van der Waals surface area (Å²) < 4.78 is 14.1. The summed E-state index contributed by atoms with van der Waals surface area (Å²) >= 11 is 3.00. The lowest BCUT2D eigenvalue weighted by Crippen LogP contribution is -2.44. The molecule has 1 saturated carbocycles. The minimum absolute atomic E-state index is 0.191.